The number of carbonyl (C=O) groups is 1. The summed E-state index contributed by atoms with van der Waals surface area (Å²) in [6.07, 6.45) is 3.41. The fourth-order valence-electron chi connectivity index (χ4n) is 2.70. The van der Waals surface area contributed by atoms with E-state index in [1.165, 1.54) is 0 Å². The molecule has 1 amide bonds. The Morgan fingerprint density at radius 3 is 2.50 bits per heavy atom. The lowest BCUT2D eigenvalue weighted by molar-refractivity contribution is -0.117. The Hall–Kier alpha value is -2.02. The minimum Gasteiger partial charge on any atom is -0.322 e. The molecule has 1 fully saturated rings. The van der Waals surface area contributed by atoms with Crippen LogP contribution in [0, 0.1) is 0 Å². The van der Waals surface area contributed by atoms with E-state index in [0.29, 0.717) is 17.4 Å². The van der Waals surface area contributed by atoms with Crippen LogP contribution in [0.15, 0.2) is 42.7 Å². The summed E-state index contributed by atoms with van der Waals surface area (Å²) in [6, 6.07) is 9.47. The van der Waals surface area contributed by atoms with Crippen LogP contribution in [0.25, 0.3) is 0 Å². The summed E-state index contributed by atoms with van der Waals surface area (Å²) in [5, 5.41) is 3.12. The van der Waals surface area contributed by atoms with Gasteiger partial charge in [-0.2, -0.15) is 0 Å². The zero-order chi connectivity index (χ0) is 16.8. The molecule has 7 heteroatoms. The van der Waals surface area contributed by atoms with Gasteiger partial charge in [0, 0.05) is 45.1 Å². The summed E-state index contributed by atoms with van der Waals surface area (Å²) in [4.78, 5) is 25.0. The summed E-state index contributed by atoms with van der Waals surface area (Å²) >= 11 is 5.96. The Morgan fingerprint density at radius 1 is 1.04 bits per heavy atom. The molecule has 0 aromatic carbocycles. The Kier molecular flexibility index (Phi) is 5.74. The van der Waals surface area contributed by atoms with Crippen molar-refractivity contribution in [2.24, 2.45) is 0 Å². The zero-order valence-corrected chi connectivity index (χ0v) is 14.1. The van der Waals surface area contributed by atoms with Crippen molar-refractivity contribution in [3.63, 3.8) is 0 Å². The van der Waals surface area contributed by atoms with Gasteiger partial charge in [-0.3, -0.25) is 19.6 Å². The number of anilines is 1. The standard InChI is InChI=1S/C17H20ClN5O/c18-17-15(5-3-7-20-17)21-16(24)13-23-10-8-22(9-11-23)12-14-4-1-2-6-19-14/h1-7H,8-13H2,(H,21,24). The average molecular weight is 346 g/mol. The highest BCUT2D eigenvalue weighted by Crippen LogP contribution is 2.17. The predicted octanol–water partition coefficient (Wildman–Crippen LogP) is 1.89. The Labute approximate surface area is 146 Å². The molecule has 0 saturated carbocycles. The first-order chi connectivity index (χ1) is 11.7. The molecule has 2 aromatic rings. The molecular weight excluding hydrogens is 326 g/mol. The number of nitrogens with zero attached hydrogens (tertiary/aromatic N) is 4. The number of aromatic nitrogens is 2. The molecule has 1 N–H and O–H groups in total. The fraction of sp³-hybridized carbons (Fsp3) is 0.353. The number of amides is 1. The van der Waals surface area contributed by atoms with Crippen LogP contribution in [0.2, 0.25) is 5.15 Å². The highest BCUT2D eigenvalue weighted by Gasteiger charge is 2.19. The van der Waals surface area contributed by atoms with E-state index in [1.807, 2.05) is 24.4 Å². The van der Waals surface area contributed by atoms with Crippen LogP contribution in [0.5, 0.6) is 0 Å². The molecule has 0 bridgehead atoms. The Morgan fingerprint density at radius 2 is 1.79 bits per heavy atom. The van der Waals surface area contributed by atoms with Gasteiger partial charge in [-0.05, 0) is 24.3 Å². The Balaban J connectivity index is 1.43. The van der Waals surface area contributed by atoms with E-state index in [1.54, 1.807) is 18.3 Å². The van der Waals surface area contributed by atoms with Crippen molar-refractivity contribution in [2.45, 2.75) is 6.54 Å². The smallest absolute Gasteiger partial charge is 0.238 e. The van der Waals surface area contributed by atoms with Crippen molar-refractivity contribution in [2.75, 3.05) is 38.0 Å². The van der Waals surface area contributed by atoms with Crippen LogP contribution in [0.1, 0.15) is 5.69 Å². The van der Waals surface area contributed by atoms with Gasteiger partial charge in [0.15, 0.2) is 5.15 Å². The number of carbonyl (C=O) groups excluding carboxylic acids is 1. The number of halogens is 1. The van der Waals surface area contributed by atoms with Gasteiger partial charge in [0.25, 0.3) is 0 Å². The van der Waals surface area contributed by atoms with Crippen molar-refractivity contribution in [3.8, 4) is 0 Å². The first-order valence-corrected chi connectivity index (χ1v) is 8.33. The van der Waals surface area contributed by atoms with E-state index < -0.39 is 0 Å². The third kappa shape index (κ3) is 4.74. The topological polar surface area (TPSA) is 61.4 Å². The summed E-state index contributed by atoms with van der Waals surface area (Å²) < 4.78 is 0. The van der Waals surface area contributed by atoms with Crippen LogP contribution in [-0.4, -0.2) is 58.4 Å². The van der Waals surface area contributed by atoms with Gasteiger partial charge >= 0.3 is 0 Å². The normalized spacial score (nSPS) is 16.0. The maximum Gasteiger partial charge on any atom is 0.238 e. The molecule has 0 atom stereocenters. The molecule has 1 aliphatic heterocycles. The SMILES string of the molecule is O=C(CN1CCN(Cc2ccccn2)CC1)Nc1cccnc1Cl. The minimum atomic E-state index is -0.0666. The molecule has 2 aromatic heterocycles. The van der Waals surface area contributed by atoms with Gasteiger partial charge < -0.3 is 5.32 Å². The lowest BCUT2D eigenvalue weighted by Crippen LogP contribution is -2.48. The fourth-order valence-corrected chi connectivity index (χ4v) is 2.86. The van der Waals surface area contributed by atoms with Crippen LogP contribution in [-0.2, 0) is 11.3 Å². The number of nitrogens with one attached hydrogen (secondary N) is 1. The van der Waals surface area contributed by atoms with Crippen molar-refractivity contribution < 1.29 is 4.79 Å². The number of pyridine rings is 2. The summed E-state index contributed by atoms with van der Waals surface area (Å²) in [5.74, 6) is -0.0666. The summed E-state index contributed by atoms with van der Waals surface area (Å²) in [6.45, 7) is 4.80. The quantitative estimate of drug-likeness (QED) is 0.838. The van der Waals surface area contributed by atoms with Crippen LogP contribution in [0.4, 0.5) is 5.69 Å². The molecule has 1 saturated heterocycles. The molecule has 24 heavy (non-hydrogen) atoms. The molecule has 3 rings (SSSR count). The molecule has 0 unspecified atom stereocenters. The second-order valence-corrected chi connectivity index (χ2v) is 6.12. The van der Waals surface area contributed by atoms with Gasteiger partial charge in [0.2, 0.25) is 5.91 Å². The van der Waals surface area contributed by atoms with E-state index in [4.69, 9.17) is 11.6 Å². The maximum absolute atomic E-state index is 12.1. The number of rotatable bonds is 5. The van der Waals surface area contributed by atoms with Crippen molar-refractivity contribution in [1.82, 2.24) is 19.8 Å². The number of piperazine rings is 1. The molecule has 3 heterocycles. The molecule has 1 aliphatic rings. The summed E-state index contributed by atoms with van der Waals surface area (Å²) in [5.41, 5.74) is 1.63. The van der Waals surface area contributed by atoms with E-state index in [2.05, 4.69) is 25.1 Å². The first-order valence-electron chi connectivity index (χ1n) is 7.96. The van der Waals surface area contributed by atoms with Gasteiger partial charge in [0.05, 0.1) is 17.9 Å². The largest absolute Gasteiger partial charge is 0.322 e. The lowest BCUT2D eigenvalue weighted by Gasteiger charge is -2.34. The second kappa shape index (κ2) is 8.19. The third-order valence-corrected chi connectivity index (χ3v) is 4.28. The molecule has 0 radical (unpaired) electrons. The monoisotopic (exact) mass is 345 g/mol. The maximum atomic E-state index is 12.1. The minimum absolute atomic E-state index is 0.0666. The van der Waals surface area contributed by atoms with E-state index in [-0.39, 0.29) is 5.91 Å². The summed E-state index contributed by atoms with van der Waals surface area (Å²) in [7, 11) is 0. The highest BCUT2D eigenvalue weighted by atomic mass is 35.5. The van der Waals surface area contributed by atoms with Crippen molar-refractivity contribution in [3.05, 3.63) is 53.6 Å². The van der Waals surface area contributed by atoms with Crippen LogP contribution < -0.4 is 5.32 Å². The lowest BCUT2D eigenvalue weighted by atomic mass is 10.2. The molecule has 126 valence electrons. The Bertz CT molecular complexity index is 674. The molecule has 0 spiro atoms. The third-order valence-electron chi connectivity index (χ3n) is 3.98. The number of hydrogen-bond donors (Lipinski definition) is 1. The van der Waals surface area contributed by atoms with Gasteiger partial charge in [-0.1, -0.05) is 17.7 Å². The molecular formula is C17H20ClN5O. The first kappa shape index (κ1) is 16.8. The van der Waals surface area contributed by atoms with E-state index in [9.17, 15) is 4.79 Å². The number of hydrogen-bond acceptors (Lipinski definition) is 5. The van der Waals surface area contributed by atoms with Crippen molar-refractivity contribution >= 4 is 23.2 Å². The highest BCUT2D eigenvalue weighted by molar-refractivity contribution is 6.32. The van der Waals surface area contributed by atoms with Gasteiger partial charge in [-0.15, -0.1) is 0 Å². The average Bonchev–Trinajstić information content (AvgIpc) is 2.60. The van der Waals surface area contributed by atoms with E-state index >= 15 is 0 Å². The predicted molar refractivity (Wildman–Crippen MR) is 93.8 cm³/mol. The van der Waals surface area contributed by atoms with Gasteiger partial charge in [0.1, 0.15) is 0 Å². The van der Waals surface area contributed by atoms with E-state index in [0.717, 1.165) is 38.4 Å². The second-order valence-electron chi connectivity index (χ2n) is 5.76. The van der Waals surface area contributed by atoms with Crippen LogP contribution in [0.3, 0.4) is 0 Å². The molecule has 0 aliphatic carbocycles. The zero-order valence-electron chi connectivity index (χ0n) is 13.4. The molecule has 6 nitrogen and oxygen atoms in total. The van der Waals surface area contributed by atoms with Crippen molar-refractivity contribution in [1.29, 1.82) is 0 Å². The van der Waals surface area contributed by atoms with Crippen LogP contribution >= 0.6 is 11.6 Å². The van der Waals surface area contributed by atoms with Gasteiger partial charge in [-0.25, -0.2) is 4.98 Å².